The van der Waals surface area contributed by atoms with E-state index in [4.69, 9.17) is 20.1 Å². The zero-order valence-corrected chi connectivity index (χ0v) is 6.23. The number of benzene rings is 1. The lowest BCUT2D eigenvalue weighted by molar-refractivity contribution is 0.969. The Morgan fingerprint density at radius 1 is 1.40 bits per heavy atom. The summed E-state index contributed by atoms with van der Waals surface area (Å²) < 4.78 is 14.3. The van der Waals surface area contributed by atoms with Crippen LogP contribution in [0.2, 0.25) is 5.02 Å². The lowest BCUT2D eigenvalue weighted by Crippen LogP contribution is -2.01. The van der Waals surface area contributed by atoms with Crippen molar-refractivity contribution in [2.45, 2.75) is 6.42 Å². The Hall–Kier alpha value is -0.530. The summed E-state index contributed by atoms with van der Waals surface area (Å²) in [4.78, 5) is 0. The highest BCUT2D eigenvalue weighted by Gasteiger charge is 1.89. The van der Waals surface area contributed by atoms with Gasteiger partial charge < -0.3 is 5.73 Å². The highest BCUT2D eigenvalue weighted by atomic mass is 35.5. The first kappa shape index (κ1) is 5.16. The van der Waals surface area contributed by atoms with Crippen molar-refractivity contribution in [2.24, 2.45) is 5.73 Å². The lowest BCUT2D eigenvalue weighted by Gasteiger charge is -1.96. The van der Waals surface area contributed by atoms with Gasteiger partial charge in [-0.2, -0.15) is 0 Å². The third kappa shape index (κ3) is 2.01. The van der Waals surface area contributed by atoms with Gasteiger partial charge in [0.1, 0.15) is 0 Å². The van der Waals surface area contributed by atoms with Gasteiger partial charge in [0.05, 0.1) is 0 Å². The van der Waals surface area contributed by atoms with E-state index in [2.05, 4.69) is 0 Å². The van der Waals surface area contributed by atoms with Crippen molar-refractivity contribution in [3.8, 4) is 0 Å². The number of nitrogens with two attached hydrogens (primary N) is 1. The molecular weight excluding hydrogens is 146 g/mol. The first-order valence-corrected chi connectivity index (χ1v) is 3.38. The summed E-state index contributed by atoms with van der Waals surface area (Å²) in [6.07, 6.45) is 0.212. The molecule has 0 radical (unpaired) electrons. The molecule has 10 heavy (non-hydrogen) atoms. The molecule has 0 unspecified atom stereocenters. The molecule has 0 aliphatic rings. The fourth-order valence-corrected chi connectivity index (χ4v) is 0.846. The molecule has 2 heteroatoms. The molecule has 0 aliphatic heterocycles. The van der Waals surface area contributed by atoms with E-state index in [1.165, 1.54) is 0 Å². The van der Waals surface area contributed by atoms with E-state index in [9.17, 15) is 0 Å². The van der Waals surface area contributed by atoms with Gasteiger partial charge in [-0.1, -0.05) is 23.7 Å². The molecule has 1 rings (SSSR count). The van der Waals surface area contributed by atoms with E-state index >= 15 is 0 Å². The van der Waals surface area contributed by atoms with Crippen LogP contribution in [0.15, 0.2) is 24.3 Å². The van der Waals surface area contributed by atoms with Crippen molar-refractivity contribution in [1.82, 2.24) is 0 Å². The zero-order chi connectivity index (χ0) is 9.19. The fraction of sp³-hybridized carbons (Fsp3) is 0.250. The van der Waals surface area contributed by atoms with Crippen LogP contribution >= 0.6 is 11.6 Å². The van der Waals surface area contributed by atoms with Gasteiger partial charge >= 0.3 is 0 Å². The van der Waals surface area contributed by atoms with E-state index < -0.39 is 6.50 Å². The van der Waals surface area contributed by atoms with Crippen LogP contribution in [0.5, 0.6) is 0 Å². The SMILES string of the molecule is [2H]C([2H])(N)Cc1ccc(Cl)cc1. The minimum Gasteiger partial charge on any atom is -0.330 e. The average molecular weight is 158 g/mol. The first-order chi connectivity index (χ1) is 5.47. The van der Waals surface area contributed by atoms with Gasteiger partial charge in [0, 0.05) is 7.76 Å². The topological polar surface area (TPSA) is 26.0 Å². The zero-order valence-electron chi connectivity index (χ0n) is 7.47. The number of aryl methyl sites for hydroxylation is 1. The molecule has 0 heterocycles. The Balaban J connectivity index is 2.71. The van der Waals surface area contributed by atoms with E-state index in [0.29, 0.717) is 5.02 Å². The monoisotopic (exact) mass is 157 g/mol. The molecule has 0 aromatic heterocycles. The summed E-state index contributed by atoms with van der Waals surface area (Å²) >= 11 is 5.66. The highest BCUT2D eigenvalue weighted by Crippen LogP contribution is 2.09. The van der Waals surface area contributed by atoms with Crippen molar-refractivity contribution in [2.75, 3.05) is 6.50 Å². The van der Waals surface area contributed by atoms with Gasteiger partial charge in [-0.05, 0) is 30.6 Å². The molecular formula is C8H10ClN. The minimum atomic E-state index is -1.65. The third-order valence-electron chi connectivity index (χ3n) is 1.22. The second kappa shape index (κ2) is 3.59. The van der Waals surface area contributed by atoms with Gasteiger partial charge in [-0.3, -0.25) is 0 Å². The second-order valence-corrected chi connectivity index (χ2v) is 2.44. The molecule has 0 aliphatic carbocycles. The van der Waals surface area contributed by atoms with Crippen molar-refractivity contribution >= 4 is 11.6 Å². The highest BCUT2D eigenvalue weighted by molar-refractivity contribution is 6.30. The predicted molar refractivity (Wildman–Crippen MR) is 44.2 cm³/mol. The Kier molecular flexibility index (Phi) is 1.86. The van der Waals surface area contributed by atoms with Crippen molar-refractivity contribution < 1.29 is 2.74 Å². The van der Waals surface area contributed by atoms with Gasteiger partial charge in [0.2, 0.25) is 0 Å². The van der Waals surface area contributed by atoms with E-state index in [-0.39, 0.29) is 6.42 Å². The second-order valence-electron chi connectivity index (χ2n) is 2.01. The molecule has 0 amide bonds. The van der Waals surface area contributed by atoms with Gasteiger partial charge in [-0.15, -0.1) is 0 Å². The summed E-state index contributed by atoms with van der Waals surface area (Å²) in [5.74, 6) is 0. The molecule has 0 saturated carbocycles. The van der Waals surface area contributed by atoms with Crippen molar-refractivity contribution in [3.05, 3.63) is 34.9 Å². The molecule has 54 valence electrons. The Morgan fingerprint density at radius 3 is 2.50 bits per heavy atom. The average Bonchev–Trinajstić information content (AvgIpc) is 1.91. The molecule has 1 aromatic rings. The summed E-state index contributed by atoms with van der Waals surface area (Å²) in [7, 11) is 0. The molecule has 1 nitrogen and oxygen atoms in total. The van der Waals surface area contributed by atoms with Gasteiger partial charge in [0.25, 0.3) is 0 Å². The van der Waals surface area contributed by atoms with Crippen LogP contribution in [-0.2, 0) is 6.42 Å². The van der Waals surface area contributed by atoms with Crippen LogP contribution in [0.25, 0.3) is 0 Å². The largest absolute Gasteiger partial charge is 0.330 e. The maximum Gasteiger partial charge on any atom is 0.0429 e. The van der Waals surface area contributed by atoms with Crippen molar-refractivity contribution in [3.63, 3.8) is 0 Å². The molecule has 0 atom stereocenters. The summed E-state index contributed by atoms with van der Waals surface area (Å²) in [6.45, 7) is -1.65. The standard InChI is InChI=1S/C8H10ClN/c9-8-3-1-7(2-4-8)5-6-10/h1-4H,5-6,10H2/i6D2. The quantitative estimate of drug-likeness (QED) is 0.697. The Labute approximate surface area is 68.6 Å². The molecule has 0 fully saturated rings. The van der Waals surface area contributed by atoms with Crippen LogP contribution in [0, 0.1) is 0 Å². The predicted octanol–water partition coefficient (Wildman–Crippen LogP) is 1.84. The Morgan fingerprint density at radius 2 is 2.00 bits per heavy atom. The number of hydrogen-bond acceptors (Lipinski definition) is 1. The lowest BCUT2D eigenvalue weighted by atomic mass is 10.2. The number of hydrogen-bond donors (Lipinski definition) is 1. The maximum atomic E-state index is 7.13. The fourth-order valence-electron chi connectivity index (χ4n) is 0.720. The molecule has 0 bridgehead atoms. The molecule has 1 aromatic carbocycles. The van der Waals surface area contributed by atoms with Crippen LogP contribution in [-0.4, -0.2) is 6.50 Å². The van der Waals surface area contributed by atoms with Gasteiger partial charge in [-0.25, -0.2) is 0 Å². The number of rotatable bonds is 2. The normalized spacial score (nSPS) is 14.2. The van der Waals surface area contributed by atoms with E-state index in [1.54, 1.807) is 24.3 Å². The first-order valence-electron chi connectivity index (χ1n) is 4.01. The molecule has 0 spiro atoms. The smallest absolute Gasteiger partial charge is 0.0429 e. The summed E-state index contributed by atoms with van der Waals surface area (Å²) in [5, 5.41) is 0.649. The van der Waals surface area contributed by atoms with Gasteiger partial charge in [0.15, 0.2) is 0 Å². The summed E-state index contributed by atoms with van der Waals surface area (Å²) in [6, 6.07) is 6.99. The maximum absolute atomic E-state index is 7.13. The Bertz CT molecular complexity index is 253. The minimum absolute atomic E-state index is 0.212. The summed E-state index contributed by atoms with van der Waals surface area (Å²) in [5.41, 5.74) is 6.06. The van der Waals surface area contributed by atoms with Crippen LogP contribution < -0.4 is 5.73 Å². The molecule has 0 saturated heterocycles. The van der Waals surface area contributed by atoms with Crippen LogP contribution in [0.4, 0.5) is 0 Å². The van der Waals surface area contributed by atoms with Crippen LogP contribution in [0.3, 0.4) is 0 Å². The van der Waals surface area contributed by atoms with E-state index in [1.807, 2.05) is 0 Å². The molecule has 2 N–H and O–H groups in total. The van der Waals surface area contributed by atoms with E-state index in [0.717, 1.165) is 5.56 Å². The van der Waals surface area contributed by atoms with Crippen LogP contribution in [0.1, 0.15) is 8.30 Å². The number of halogens is 1. The van der Waals surface area contributed by atoms with Crippen molar-refractivity contribution in [1.29, 1.82) is 0 Å². The third-order valence-corrected chi connectivity index (χ3v) is 1.47.